The molecule has 1 N–H and O–H groups in total. The summed E-state index contributed by atoms with van der Waals surface area (Å²) in [6, 6.07) is 3.07. The molecule has 0 bridgehead atoms. The number of nitrogens with one attached hydrogen (secondary N) is 1. The summed E-state index contributed by atoms with van der Waals surface area (Å²) in [5, 5.41) is 3.51. The van der Waals surface area contributed by atoms with Crippen molar-refractivity contribution in [3.05, 3.63) is 17.5 Å². The predicted molar refractivity (Wildman–Crippen MR) is 67.3 cm³/mol. The largest absolute Gasteiger partial charge is 0.463 e. The van der Waals surface area contributed by atoms with Crippen LogP contribution in [0.4, 0.5) is 0 Å². The van der Waals surface area contributed by atoms with Crippen LogP contribution in [0.2, 0.25) is 0 Å². The highest BCUT2D eigenvalue weighted by Gasteiger charge is 2.12. The van der Waals surface area contributed by atoms with Crippen molar-refractivity contribution in [2.45, 2.75) is 45.6 Å². The molecular weight excluding hydrogens is 214 g/mol. The molecule has 1 aliphatic rings. The summed E-state index contributed by atoms with van der Waals surface area (Å²) in [7, 11) is 0. The molecule has 1 aromatic heterocycles. The monoisotopic (exact) mass is 235 g/mol. The van der Waals surface area contributed by atoms with Crippen LogP contribution in [0.25, 0.3) is 0 Å². The van der Waals surface area contributed by atoms with E-state index in [0.717, 1.165) is 24.4 Å². The maximum absolute atomic E-state index is 5.61. The lowest BCUT2D eigenvalue weighted by Crippen LogP contribution is -2.35. The molecule has 94 valence electrons. The van der Waals surface area contributed by atoms with E-state index >= 15 is 0 Å². The van der Waals surface area contributed by atoms with Crippen molar-refractivity contribution in [2.75, 3.05) is 13.2 Å². The Morgan fingerprint density at radius 3 is 2.71 bits per heavy atom. The van der Waals surface area contributed by atoms with E-state index in [4.69, 9.17) is 4.74 Å². The summed E-state index contributed by atoms with van der Waals surface area (Å²) in [6.07, 6.45) is 4.93. The van der Waals surface area contributed by atoms with Gasteiger partial charge in [-0.25, -0.2) is 9.97 Å². The smallest absolute Gasteiger partial charge is 0.316 e. The maximum Gasteiger partial charge on any atom is 0.316 e. The van der Waals surface area contributed by atoms with Crippen molar-refractivity contribution in [2.24, 2.45) is 0 Å². The molecule has 4 heteroatoms. The number of aryl methyl sites for hydroxylation is 2. The Morgan fingerprint density at radius 1 is 1.29 bits per heavy atom. The van der Waals surface area contributed by atoms with Gasteiger partial charge in [-0.3, -0.25) is 0 Å². The summed E-state index contributed by atoms with van der Waals surface area (Å²) in [6.45, 7) is 5.76. The summed E-state index contributed by atoms with van der Waals surface area (Å²) in [4.78, 5) is 8.53. The number of piperidine rings is 1. The van der Waals surface area contributed by atoms with Crippen LogP contribution in [-0.4, -0.2) is 29.2 Å². The molecular formula is C13H21N3O. The zero-order valence-electron chi connectivity index (χ0n) is 10.7. The predicted octanol–water partition coefficient (Wildman–Crippen LogP) is 2.00. The van der Waals surface area contributed by atoms with Gasteiger partial charge in [0.15, 0.2) is 0 Å². The molecule has 2 heterocycles. The van der Waals surface area contributed by atoms with Crippen molar-refractivity contribution >= 4 is 0 Å². The van der Waals surface area contributed by atoms with Crippen LogP contribution >= 0.6 is 0 Å². The van der Waals surface area contributed by atoms with E-state index in [1.165, 1.54) is 19.3 Å². The highest BCUT2D eigenvalue weighted by molar-refractivity contribution is 5.10. The lowest BCUT2D eigenvalue weighted by molar-refractivity contribution is 0.251. The molecule has 0 aromatic carbocycles. The standard InChI is InChI=1S/C13H21N3O/c1-10-9-11(2)16-13(15-10)17-8-6-12-5-3-4-7-14-12/h9,12,14H,3-8H2,1-2H3/t12-/m0/s1. The van der Waals surface area contributed by atoms with E-state index in [1.54, 1.807) is 0 Å². The average molecular weight is 235 g/mol. The summed E-state index contributed by atoms with van der Waals surface area (Å²) in [5.41, 5.74) is 1.92. The molecule has 1 aliphatic heterocycles. The second-order valence-corrected chi connectivity index (χ2v) is 4.72. The number of rotatable bonds is 4. The average Bonchev–Trinajstić information content (AvgIpc) is 2.29. The minimum Gasteiger partial charge on any atom is -0.463 e. The highest BCUT2D eigenvalue weighted by Crippen LogP contribution is 2.11. The number of hydrogen-bond acceptors (Lipinski definition) is 4. The number of ether oxygens (including phenoxy) is 1. The van der Waals surface area contributed by atoms with Crippen molar-refractivity contribution < 1.29 is 4.74 Å². The molecule has 1 fully saturated rings. The van der Waals surface area contributed by atoms with Crippen LogP contribution in [0, 0.1) is 13.8 Å². The molecule has 2 rings (SSSR count). The van der Waals surface area contributed by atoms with Crippen LogP contribution in [0.15, 0.2) is 6.07 Å². The fourth-order valence-electron chi connectivity index (χ4n) is 2.22. The lowest BCUT2D eigenvalue weighted by atomic mass is 10.0. The summed E-state index contributed by atoms with van der Waals surface area (Å²) >= 11 is 0. The van der Waals surface area contributed by atoms with Gasteiger partial charge < -0.3 is 10.1 Å². The van der Waals surface area contributed by atoms with Crippen molar-refractivity contribution in [3.8, 4) is 6.01 Å². The van der Waals surface area contributed by atoms with Gasteiger partial charge in [-0.15, -0.1) is 0 Å². The molecule has 0 saturated carbocycles. The molecule has 0 aliphatic carbocycles. The topological polar surface area (TPSA) is 47.0 Å². The van der Waals surface area contributed by atoms with Gasteiger partial charge in [-0.1, -0.05) is 6.42 Å². The first-order valence-electron chi connectivity index (χ1n) is 6.42. The first-order valence-corrected chi connectivity index (χ1v) is 6.42. The van der Waals surface area contributed by atoms with Crippen LogP contribution in [0.5, 0.6) is 6.01 Å². The van der Waals surface area contributed by atoms with Gasteiger partial charge in [0.25, 0.3) is 0 Å². The SMILES string of the molecule is Cc1cc(C)nc(OCC[C@@H]2CCCCN2)n1. The van der Waals surface area contributed by atoms with E-state index in [9.17, 15) is 0 Å². The molecule has 1 saturated heterocycles. The van der Waals surface area contributed by atoms with E-state index in [1.807, 2.05) is 19.9 Å². The minimum absolute atomic E-state index is 0.512. The van der Waals surface area contributed by atoms with Crippen LogP contribution in [0.3, 0.4) is 0 Å². The Labute approximate surface area is 103 Å². The molecule has 0 spiro atoms. The Balaban J connectivity index is 1.77. The minimum atomic E-state index is 0.512. The Kier molecular flexibility index (Phi) is 4.31. The third kappa shape index (κ3) is 3.97. The molecule has 1 aromatic rings. The third-order valence-corrected chi connectivity index (χ3v) is 3.07. The first kappa shape index (κ1) is 12.3. The molecule has 17 heavy (non-hydrogen) atoms. The first-order chi connectivity index (χ1) is 8.24. The van der Waals surface area contributed by atoms with E-state index in [0.29, 0.717) is 18.7 Å². The molecule has 0 radical (unpaired) electrons. The van der Waals surface area contributed by atoms with E-state index < -0.39 is 0 Å². The Morgan fingerprint density at radius 2 is 2.06 bits per heavy atom. The molecule has 0 amide bonds. The van der Waals surface area contributed by atoms with Gasteiger partial charge in [0.05, 0.1) is 6.61 Å². The molecule has 0 unspecified atom stereocenters. The van der Waals surface area contributed by atoms with Gasteiger partial charge in [-0.2, -0.15) is 0 Å². The lowest BCUT2D eigenvalue weighted by Gasteiger charge is -2.23. The fraction of sp³-hybridized carbons (Fsp3) is 0.692. The highest BCUT2D eigenvalue weighted by atomic mass is 16.5. The Bertz CT molecular complexity index is 341. The van der Waals surface area contributed by atoms with Gasteiger partial charge in [0.2, 0.25) is 0 Å². The quantitative estimate of drug-likeness (QED) is 0.867. The van der Waals surface area contributed by atoms with Crippen molar-refractivity contribution in [1.82, 2.24) is 15.3 Å². The zero-order chi connectivity index (χ0) is 12.1. The van der Waals surface area contributed by atoms with E-state index in [-0.39, 0.29) is 0 Å². The fourth-order valence-corrected chi connectivity index (χ4v) is 2.22. The van der Waals surface area contributed by atoms with Gasteiger partial charge in [0.1, 0.15) is 0 Å². The number of aromatic nitrogens is 2. The molecule has 1 atom stereocenters. The second kappa shape index (κ2) is 5.96. The van der Waals surface area contributed by atoms with Crippen molar-refractivity contribution in [1.29, 1.82) is 0 Å². The van der Waals surface area contributed by atoms with Crippen molar-refractivity contribution in [3.63, 3.8) is 0 Å². The van der Waals surface area contributed by atoms with Crippen LogP contribution in [0.1, 0.15) is 37.1 Å². The summed E-state index contributed by atoms with van der Waals surface area (Å²) < 4.78 is 5.61. The zero-order valence-corrected chi connectivity index (χ0v) is 10.7. The van der Waals surface area contributed by atoms with Gasteiger partial charge >= 0.3 is 6.01 Å². The van der Waals surface area contributed by atoms with Crippen LogP contribution in [-0.2, 0) is 0 Å². The number of hydrogen-bond donors (Lipinski definition) is 1. The second-order valence-electron chi connectivity index (χ2n) is 4.72. The molecule has 4 nitrogen and oxygen atoms in total. The third-order valence-electron chi connectivity index (χ3n) is 3.07. The Hall–Kier alpha value is -1.16. The maximum atomic E-state index is 5.61. The van der Waals surface area contributed by atoms with Gasteiger partial charge in [-0.05, 0) is 45.7 Å². The van der Waals surface area contributed by atoms with E-state index in [2.05, 4.69) is 15.3 Å². The van der Waals surface area contributed by atoms with Gasteiger partial charge in [0, 0.05) is 17.4 Å². The van der Waals surface area contributed by atoms with Crippen LogP contribution < -0.4 is 10.1 Å². The number of nitrogens with zero attached hydrogens (tertiary/aromatic N) is 2. The normalized spacial score (nSPS) is 20.2. The summed E-state index contributed by atoms with van der Waals surface area (Å²) in [5.74, 6) is 0.